The molecule has 0 aliphatic heterocycles. The van der Waals surface area contributed by atoms with E-state index in [1.807, 2.05) is 13.8 Å². The molecule has 0 heterocycles. The van der Waals surface area contributed by atoms with Crippen LogP contribution >= 0.6 is 0 Å². The van der Waals surface area contributed by atoms with Crippen molar-refractivity contribution in [2.24, 2.45) is 17.3 Å². The number of carbonyl (C=O) groups excluding carboxylic acids is 1. The number of nitrogens with zero attached hydrogens (tertiary/aromatic N) is 1. The van der Waals surface area contributed by atoms with Crippen molar-refractivity contribution in [2.75, 3.05) is 13.1 Å². The van der Waals surface area contributed by atoms with Crippen molar-refractivity contribution < 1.29 is 4.79 Å². The van der Waals surface area contributed by atoms with Gasteiger partial charge in [-0.2, -0.15) is 0 Å². The highest BCUT2D eigenvalue weighted by atomic mass is 16.2. The molecule has 122 valence electrons. The first kappa shape index (κ1) is 18.3. The predicted octanol–water partition coefficient (Wildman–Crippen LogP) is 5.04. The number of rotatable bonds is 9. The summed E-state index contributed by atoms with van der Waals surface area (Å²) < 4.78 is 0. The van der Waals surface area contributed by atoms with E-state index in [1.54, 1.807) is 0 Å². The molecule has 0 aromatic heterocycles. The SMILES string of the molecule is CCCCN(CC1CC1(C)CCC=C(C)C)C(=O)C(C)C. The fraction of sp³-hybridized carbons (Fsp3) is 0.842. The van der Waals surface area contributed by atoms with Crippen molar-refractivity contribution in [2.45, 2.75) is 73.6 Å². The van der Waals surface area contributed by atoms with Crippen molar-refractivity contribution in [3.63, 3.8) is 0 Å². The van der Waals surface area contributed by atoms with Crippen LogP contribution in [0, 0.1) is 17.3 Å². The van der Waals surface area contributed by atoms with E-state index >= 15 is 0 Å². The minimum absolute atomic E-state index is 0.123. The summed E-state index contributed by atoms with van der Waals surface area (Å²) in [6.45, 7) is 14.9. The van der Waals surface area contributed by atoms with Crippen LogP contribution in [0.25, 0.3) is 0 Å². The third kappa shape index (κ3) is 5.84. The summed E-state index contributed by atoms with van der Waals surface area (Å²) in [5.74, 6) is 1.17. The van der Waals surface area contributed by atoms with E-state index < -0.39 is 0 Å². The van der Waals surface area contributed by atoms with Crippen LogP contribution in [0.2, 0.25) is 0 Å². The first-order chi connectivity index (χ1) is 9.80. The Kier molecular flexibility index (Phi) is 6.96. The molecule has 1 amide bonds. The Morgan fingerprint density at radius 3 is 2.57 bits per heavy atom. The van der Waals surface area contributed by atoms with Crippen LogP contribution in [-0.4, -0.2) is 23.9 Å². The molecule has 2 heteroatoms. The normalized spacial score (nSPS) is 24.0. The minimum atomic E-state index is 0.123. The second kappa shape index (κ2) is 8.00. The molecule has 1 aliphatic carbocycles. The smallest absolute Gasteiger partial charge is 0.225 e. The molecule has 1 saturated carbocycles. The summed E-state index contributed by atoms with van der Waals surface area (Å²) in [5, 5.41) is 0. The largest absolute Gasteiger partial charge is 0.342 e. The Labute approximate surface area is 132 Å². The van der Waals surface area contributed by atoms with Crippen LogP contribution in [0.4, 0.5) is 0 Å². The molecule has 0 saturated heterocycles. The molecule has 0 aromatic carbocycles. The van der Waals surface area contributed by atoms with Crippen molar-refractivity contribution in [1.29, 1.82) is 0 Å². The third-order valence-corrected chi connectivity index (χ3v) is 4.83. The summed E-state index contributed by atoms with van der Waals surface area (Å²) in [5.41, 5.74) is 1.88. The highest BCUT2D eigenvalue weighted by molar-refractivity contribution is 5.78. The van der Waals surface area contributed by atoms with Gasteiger partial charge in [-0.1, -0.05) is 45.8 Å². The second-order valence-corrected chi connectivity index (χ2v) is 7.67. The van der Waals surface area contributed by atoms with Gasteiger partial charge in [0.2, 0.25) is 5.91 Å². The van der Waals surface area contributed by atoms with Gasteiger partial charge < -0.3 is 4.90 Å². The number of allylic oxidation sites excluding steroid dienone is 2. The minimum Gasteiger partial charge on any atom is -0.342 e. The average Bonchev–Trinajstić information content (AvgIpc) is 3.03. The lowest BCUT2D eigenvalue weighted by atomic mass is 9.98. The third-order valence-electron chi connectivity index (χ3n) is 4.83. The summed E-state index contributed by atoms with van der Waals surface area (Å²) in [6, 6.07) is 0. The molecule has 0 N–H and O–H groups in total. The van der Waals surface area contributed by atoms with E-state index in [2.05, 4.69) is 38.7 Å². The Bertz CT molecular complexity index is 368. The zero-order chi connectivity index (χ0) is 16.0. The van der Waals surface area contributed by atoms with Crippen LogP contribution in [0.5, 0.6) is 0 Å². The van der Waals surface area contributed by atoms with Crippen molar-refractivity contribution in [3.05, 3.63) is 11.6 Å². The van der Waals surface area contributed by atoms with E-state index in [1.165, 1.54) is 24.8 Å². The average molecular weight is 293 g/mol. The van der Waals surface area contributed by atoms with Crippen LogP contribution in [0.1, 0.15) is 73.6 Å². The van der Waals surface area contributed by atoms with Crippen LogP contribution in [0.3, 0.4) is 0 Å². The predicted molar refractivity (Wildman–Crippen MR) is 91.2 cm³/mol. The highest BCUT2D eigenvalue weighted by Crippen LogP contribution is 2.55. The van der Waals surface area contributed by atoms with Gasteiger partial charge in [-0.25, -0.2) is 0 Å². The summed E-state index contributed by atoms with van der Waals surface area (Å²) in [4.78, 5) is 14.5. The highest BCUT2D eigenvalue weighted by Gasteiger charge is 2.49. The quantitative estimate of drug-likeness (QED) is 0.545. The fourth-order valence-corrected chi connectivity index (χ4v) is 3.06. The molecule has 0 bridgehead atoms. The topological polar surface area (TPSA) is 20.3 Å². The van der Waals surface area contributed by atoms with Crippen molar-refractivity contribution in [3.8, 4) is 0 Å². The number of amides is 1. The molecule has 1 aliphatic rings. The fourth-order valence-electron chi connectivity index (χ4n) is 3.06. The molecule has 0 aromatic rings. The van der Waals surface area contributed by atoms with Gasteiger partial charge in [0.15, 0.2) is 0 Å². The summed E-state index contributed by atoms with van der Waals surface area (Å²) in [6.07, 6.45) is 8.36. The standard InChI is InChI=1S/C19H35NO/c1-7-8-12-20(18(21)16(4)5)14-17-13-19(17,6)11-9-10-15(2)3/h10,16-17H,7-9,11-14H2,1-6H3. The molecule has 2 atom stereocenters. The van der Waals surface area contributed by atoms with Gasteiger partial charge in [-0.05, 0) is 50.9 Å². The Morgan fingerprint density at radius 1 is 1.38 bits per heavy atom. The van der Waals surface area contributed by atoms with Crippen LogP contribution < -0.4 is 0 Å². The first-order valence-corrected chi connectivity index (χ1v) is 8.72. The first-order valence-electron chi connectivity index (χ1n) is 8.72. The number of hydrogen-bond acceptors (Lipinski definition) is 1. The monoisotopic (exact) mass is 293 g/mol. The van der Waals surface area contributed by atoms with E-state index in [0.717, 1.165) is 25.9 Å². The molecule has 1 fully saturated rings. The van der Waals surface area contributed by atoms with Crippen LogP contribution in [-0.2, 0) is 4.79 Å². The lowest BCUT2D eigenvalue weighted by Crippen LogP contribution is -2.37. The zero-order valence-corrected chi connectivity index (χ0v) is 15.0. The van der Waals surface area contributed by atoms with Gasteiger partial charge in [-0.15, -0.1) is 0 Å². The Morgan fingerprint density at radius 2 is 2.05 bits per heavy atom. The van der Waals surface area contributed by atoms with Gasteiger partial charge in [0.25, 0.3) is 0 Å². The second-order valence-electron chi connectivity index (χ2n) is 7.67. The lowest BCUT2D eigenvalue weighted by Gasteiger charge is -2.25. The molecular weight excluding hydrogens is 258 g/mol. The van der Waals surface area contributed by atoms with E-state index in [0.29, 0.717) is 17.2 Å². The molecule has 0 spiro atoms. The number of hydrogen-bond donors (Lipinski definition) is 0. The van der Waals surface area contributed by atoms with Gasteiger partial charge in [0.1, 0.15) is 0 Å². The lowest BCUT2D eigenvalue weighted by molar-refractivity contribution is -0.134. The summed E-state index contributed by atoms with van der Waals surface area (Å²) >= 11 is 0. The Balaban J connectivity index is 2.49. The van der Waals surface area contributed by atoms with Gasteiger partial charge in [-0.3, -0.25) is 4.79 Å². The van der Waals surface area contributed by atoms with Crippen LogP contribution in [0.15, 0.2) is 11.6 Å². The van der Waals surface area contributed by atoms with Crippen molar-refractivity contribution >= 4 is 5.91 Å². The number of carbonyl (C=O) groups is 1. The maximum Gasteiger partial charge on any atom is 0.225 e. The van der Waals surface area contributed by atoms with Crippen molar-refractivity contribution in [1.82, 2.24) is 4.90 Å². The number of unbranched alkanes of at least 4 members (excludes halogenated alkanes) is 1. The molecule has 21 heavy (non-hydrogen) atoms. The maximum absolute atomic E-state index is 12.3. The van der Waals surface area contributed by atoms with E-state index in [4.69, 9.17) is 0 Å². The van der Waals surface area contributed by atoms with E-state index in [9.17, 15) is 4.79 Å². The molecule has 2 nitrogen and oxygen atoms in total. The summed E-state index contributed by atoms with van der Waals surface area (Å²) in [7, 11) is 0. The zero-order valence-electron chi connectivity index (χ0n) is 15.0. The Hall–Kier alpha value is -0.790. The molecule has 2 unspecified atom stereocenters. The van der Waals surface area contributed by atoms with E-state index in [-0.39, 0.29) is 5.92 Å². The van der Waals surface area contributed by atoms with Gasteiger partial charge in [0.05, 0.1) is 0 Å². The molecule has 0 radical (unpaired) electrons. The van der Waals surface area contributed by atoms with Gasteiger partial charge in [0, 0.05) is 19.0 Å². The molecule has 1 rings (SSSR count). The molecular formula is C19H35NO. The maximum atomic E-state index is 12.3. The van der Waals surface area contributed by atoms with Gasteiger partial charge >= 0.3 is 0 Å².